The molecule has 1 heterocycles. The van der Waals surface area contributed by atoms with Gasteiger partial charge in [0.15, 0.2) is 0 Å². The van der Waals surface area contributed by atoms with E-state index in [-0.39, 0.29) is 0 Å². The number of benzene rings is 1. The summed E-state index contributed by atoms with van der Waals surface area (Å²) in [5.41, 5.74) is 3.02. The molecule has 0 fully saturated rings. The van der Waals surface area contributed by atoms with Crippen LogP contribution in [0.1, 0.15) is 30.8 Å². The van der Waals surface area contributed by atoms with E-state index < -0.39 is 0 Å². The standard InChI is InChI=1S/C16H22ClN3O/c1-4-18-10-13-6-8-14(9-7-13)21-11-15-16(17)12(3)19-20(15)5-2/h6-9,18H,4-5,10-11H2,1-3H3. The molecule has 0 aliphatic rings. The van der Waals surface area contributed by atoms with E-state index in [0.717, 1.165) is 36.8 Å². The second-order valence-electron chi connectivity index (χ2n) is 4.87. The van der Waals surface area contributed by atoms with Crippen LogP contribution >= 0.6 is 11.6 Å². The number of nitrogens with one attached hydrogen (secondary N) is 1. The smallest absolute Gasteiger partial charge is 0.131 e. The topological polar surface area (TPSA) is 39.1 Å². The minimum Gasteiger partial charge on any atom is -0.487 e. The van der Waals surface area contributed by atoms with Gasteiger partial charge in [0, 0.05) is 13.1 Å². The Balaban J connectivity index is 2.00. The second kappa shape index (κ2) is 7.48. The molecule has 5 heteroatoms. The molecule has 0 aliphatic carbocycles. The van der Waals surface area contributed by atoms with Crippen LogP contribution in [0.4, 0.5) is 0 Å². The third-order valence-electron chi connectivity index (χ3n) is 3.33. The molecule has 0 bridgehead atoms. The van der Waals surface area contributed by atoms with Crippen molar-refractivity contribution < 1.29 is 4.74 Å². The molecule has 21 heavy (non-hydrogen) atoms. The lowest BCUT2D eigenvalue weighted by Crippen LogP contribution is -2.11. The van der Waals surface area contributed by atoms with Gasteiger partial charge in [-0.05, 0) is 38.1 Å². The molecule has 0 atom stereocenters. The summed E-state index contributed by atoms with van der Waals surface area (Å²) < 4.78 is 7.71. The van der Waals surface area contributed by atoms with Crippen LogP contribution in [-0.2, 0) is 19.7 Å². The molecule has 0 saturated carbocycles. The largest absolute Gasteiger partial charge is 0.487 e. The average molecular weight is 308 g/mol. The Kier molecular flexibility index (Phi) is 5.65. The summed E-state index contributed by atoms with van der Waals surface area (Å²) in [7, 11) is 0. The first-order chi connectivity index (χ1) is 10.2. The Bertz CT molecular complexity index is 578. The van der Waals surface area contributed by atoms with Gasteiger partial charge in [-0.15, -0.1) is 0 Å². The van der Waals surface area contributed by atoms with Gasteiger partial charge in [-0.3, -0.25) is 4.68 Å². The quantitative estimate of drug-likeness (QED) is 0.850. The highest BCUT2D eigenvalue weighted by Crippen LogP contribution is 2.22. The minimum absolute atomic E-state index is 0.431. The van der Waals surface area contributed by atoms with E-state index in [1.807, 2.05) is 30.7 Å². The Hall–Kier alpha value is -1.52. The number of ether oxygens (including phenoxy) is 1. The Morgan fingerprint density at radius 2 is 1.95 bits per heavy atom. The van der Waals surface area contributed by atoms with E-state index in [4.69, 9.17) is 16.3 Å². The van der Waals surface area contributed by atoms with Crippen molar-refractivity contribution in [1.29, 1.82) is 0 Å². The van der Waals surface area contributed by atoms with E-state index in [0.29, 0.717) is 11.6 Å². The van der Waals surface area contributed by atoms with Crippen LogP contribution in [-0.4, -0.2) is 16.3 Å². The van der Waals surface area contributed by atoms with Gasteiger partial charge in [0.25, 0.3) is 0 Å². The van der Waals surface area contributed by atoms with Crippen LogP contribution in [0.3, 0.4) is 0 Å². The number of hydrogen-bond donors (Lipinski definition) is 1. The minimum atomic E-state index is 0.431. The van der Waals surface area contributed by atoms with Gasteiger partial charge in [0.2, 0.25) is 0 Å². The van der Waals surface area contributed by atoms with E-state index in [1.54, 1.807) is 0 Å². The molecule has 4 nitrogen and oxygen atoms in total. The van der Waals surface area contributed by atoms with Crippen LogP contribution in [0, 0.1) is 6.92 Å². The number of nitrogens with zero attached hydrogens (tertiary/aromatic N) is 2. The SMILES string of the molecule is CCNCc1ccc(OCc2c(Cl)c(C)nn2CC)cc1. The van der Waals surface area contributed by atoms with Crippen molar-refractivity contribution in [3.05, 3.63) is 46.2 Å². The van der Waals surface area contributed by atoms with E-state index in [1.165, 1.54) is 5.56 Å². The Morgan fingerprint density at radius 3 is 2.57 bits per heavy atom. The molecule has 114 valence electrons. The van der Waals surface area contributed by atoms with Gasteiger partial charge < -0.3 is 10.1 Å². The third-order valence-corrected chi connectivity index (χ3v) is 3.82. The maximum Gasteiger partial charge on any atom is 0.131 e. The van der Waals surface area contributed by atoms with E-state index in [9.17, 15) is 0 Å². The molecule has 0 radical (unpaired) electrons. The highest BCUT2D eigenvalue weighted by Gasteiger charge is 2.12. The van der Waals surface area contributed by atoms with Crippen molar-refractivity contribution >= 4 is 11.6 Å². The van der Waals surface area contributed by atoms with Crippen molar-refractivity contribution in [3.8, 4) is 5.75 Å². The van der Waals surface area contributed by atoms with Crippen LogP contribution in [0.25, 0.3) is 0 Å². The molecule has 2 rings (SSSR count). The molecule has 0 spiro atoms. The van der Waals surface area contributed by atoms with Crippen molar-refractivity contribution in [2.75, 3.05) is 6.54 Å². The average Bonchev–Trinajstić information content (AvgIpc) is 2.79. The van der Waals surface area contributed by atoms with Crippen LogP contribution in [0.15, 0.2) is 24.3 Å². The highest BCUT2D eigenvalue weighted by molar-refractivity contribution is 6.31. The molecule has 0 aliphatic heterocycles. The molecule has 0 unspecified atom stereocenters. The number of rotatable bonds is 7. The number of aromatic nitrogens is 2. The van der Waals surface area contributed by atoms with Gasteiger partial charge in [-0.2, -0.15) is 5.10 Å². The summed E-state index contributed by atoms with van der Waals surface area (Å²) in [5, 5.41) is 8.38. The molecule has 1 aromatic heterocycles. The summed E-state index contributed by atoms with van der Waals surface area (Å²) in [6.07, 6.45) is 0. The predicted molar refractivity (Wildman–Crippen MR) is 85.8 cm³/mol. The summed E-state index contributed by atoms with van der Waals surface area (Å²) in [5.74, 6) is 0.841. The van der Waals surface area contributed by atoms with Crippen molar-refractivity contribution in [2.24, 2.45) is 0 Å². The van der Waals surface area contributed by atoms with Gasteiger partial charge in [-0.25, -0.2) is 0 Å². The number of halogens is 1. The fourth-order valence-electron chi connectivity index (χ4n) is 2.13. The maximum atomic E-state index is 6.27. The van der Waals surface area contributed by atoms with Gasteiger partial charge in [0.1, 0.15) is 12.4 Å². The number of hydrogen-bond acceptors (Lipinski definition) is 3. The highest BCUT2D eigenvalue weighted by atomic mass is 35.5. The fraction of sp³-hybridized carbons (Fsp3) is 0.438. The van der Waals surface area contributed by atoms with Crippen LogP contribution < -0.4 is 10.1 Å². The molecule has 2 aromatic rings. The van der Waals surface area contributed by atoms with Gasteiger partial charge >= 0.3 is 0 Å². The molecule has 0 amide bonds. The van der Waals surface area contributed by atoms with E-state index >= 15 is 0 Å². The molecular formula is C16H22ClN3O. The summed E-state index contributed by atoms with van der Waals surface area (Å²) in [4.78, 5) is 0. The lowest BCUT2D eigenvalue weighted by atomic mass is 10.2. The van der Waals surface area contributed by atoms with Crippen LogP contribution in [0.5, 0.6) is 5.75 Å². The predicted octanol–water partition coefficient (Wildman–Crippen LogP) is 3.55. The van der Waals surface area contributed by atoms with E-state index in [2.05, 4.69) is 29.5 Å². The first kappa shape index (κ1) is 15.9. The third kappa shape index (κ3) is 3.99. The lowest BCUT2D eigenvalue weighted by molar-refractivity contribution is 0.292. The monoisotopic (exact) mass is 307 g/mol. The summed E-state index contributed by atoms with van der Waals surface area (Å²) in [6, 6.07) is 8.12. The fourth-order valence-corrected chi connectivity index (χ4v) is 2.32. The van der Waals surface area contributed by atoms with Crippen molar-refractivity contribution in [2.45, 2.75) is 40.5 Å². The second-order valence-corrected chi connectivity index (χ2v) is 5.25. The normalized spacial score (nSPS) is 10.9. The maximum absolute atomic E-state index is 6.27. The zero-order valence-corrected chi connectivity index (χ0v) is 13.6. The molecule has 1 aromatic carbocycles. The Morgan fingerprint density at radius 1 is 1.24 bits per heavy atom. The first-order valence-corrected chi connectivity index (χ1v) is 7.67. The number of aryl methyl sites for hydroxylation is 2. The lowest BCUT2D eigenvalue weighted by Gasteiger charge is -2.09. The first-order valence-electron chi connectivity index (χ1n) is 7.30. The van der Waals surface area contributed by atoms with Crippen molar-refractivity contribution in [3.63, 3.8) is 0 Å². The Labute approximate surface area is 131 Å². The molecule has 1 N–H and O–H groups in total. The van der Waals surface area contributed by atoms with Crippen LogP contribution in [0.2, 0.25) is 5.02 Å². The summed E-state index contributed by atoms with van der Waals surface area (Å²) >= 11 is 6.27. The van der Waals surface area contributed by atoms with Gasteiger partial charge in [0.05, 0.1) is 16.4 Å². The molecular weight excluding hydrogens is 286 g/mol. The zero-order chi connectivity index (χ0) is 15.2. The zero-order valence-electron chi connectivity index (χ0n) is 12.8. The molecule has 0 saturated heterocycles. The van der Waals surface area contributed by atoms with Crippen molar-refractivity contribution in [1.82, 2.24) is 15.1 Å². The van der Waals surface area contributed by atoms with Gasteiger partial charge in [-0.1, -0.05) is 30.7 Å². The summed E-state index contributed by atoms with van der Waals surface area (Å²) in [6.45, 7) is 9.12.